The molecule has 0 saturated heterocycles. The van der Waals surface area contributed by atoms with Crippen LogP contribution < -0.4 is 9.62 Å². The molecule has 1 atom stereocenters. The zero-order valence-electron chi connectivity index (χ0n) is 15.8. The second-order valence-corrected chi connectivity index (χ2v) is 10.00. The Labute approximate surface area is 173 Å². The molecule has 2 aromatic rings. The number of amides is 1. The van der Waals surface area contributed by atoms with E-state index in [1.165, 1.54) is 28.2 Å². The van der Waals surface area contributed by atoms with E-state index in [-0.39, 0.29) is 23.9 Å². The van der Waals surface area contributed by atoms with Crippen LogP contribution in [0, 0.1) is 10.1 Å². The van der Waals surface area contributed by atoms with E-state index in [1.54, 1.807) is 25.1 Å². The van der Waals surface area contributed by atoms with Gasteiger partial charge in [0.05, 0.1) is 21.6 Å². The summed E-state index contributed by atoms with van der Waals surface area (Å²) in [5.41, 5.74) is 1.70. The lowest BCUT2D eigenvalue weighted by atomic mass is 10.2. The van der Waals surface area contributed by atoms with E-state index < -0.39 is 20.2 Å². The average Bonchev–Trinajstić information content (AvgIpc) is 3.13. The van der Waals surface area contributed by atoms with Crippen molar-refractivity contribution in [3.8, 4) is 0 Å². The lowest BCUT2D eigenvalue weighted by Gasteiger charge is -2.20. The van der Waals surface area contributed by atoms with Crippen molar-refractivity contribution in [2.24, 2.45) is 0 Å². The Balaban J connectivity index is 1.50. The first-order valence-electron chi connectivity index (χ1n) is 9.05. The van der Waals surface area contributed by atoms with Crippen molar-refractivity contribution in [2.75, 3.05) is 23.1 Å². The molecule has 1 heterocycles. The van der Waals surface area contributed by atoms with Crippen molar-refractivity contribution in [2.45, 2.75) is 23.5 Å². The van der Waals surface area contributed by atoms with Gasteiger partial charge < -0.3 is 5.32 Å². The average molecular weight is 436 g/mol. The predicted octanol–water partition coefficient (Wildman–Crippen LogP) is 2.58. The number of sulfonamides is 1. The van der Waals surface area contributed by atoms with Gasteiger partial charge in [-0.15, -0.1) is 11.8 Å². The van der Waals surface area contributed by atoms with Crippen LogP contribution in [0.25, 0.3) is 0 Å². The fourth-order valence-electron chi connectivity index (χ4n) is 3.06. The Kier molecular flexibility index (Phi) is 6.43. The number of non-ortho nitro benzene ring substituents is 1. The number of para-hydroxylation sites is 1. The molecule has 0 spiro atoms. The summed E-state index contributed by atoms with van der Waals surface area (Å²) >= 11 is 1.25. The first-order chi connectivity index (χ1) is 13.8. The van der Waals surface area contributed by atoms with E-state index in [2.05, 4.69) is 5.32 Å². The van der Waals surface area contributed by atoms with Gasteiger partial charge in [0.2, 0.25) is 15.9 Å². The summed E-state index contributed by atoms with van der Waals surface area (Å²) in [4.78, 5) is 23.2. The number of fused-ring (bicyclic) bond motifs is 1. The molecule has 8 nitrogen and oxygen atoms in total. The highest BCUT2D eigenvalue weighted by atomic mass is 32.2. The minimum Gasteiger partial charge on any atom is -0.354 e. The summed E-state index contributed by atoms with van der Waals surface area (Å²) in [5, 5.41) is 12.9. The third-order valence-corrected chi connectivity index (χ3v) is 7.45. The largest absolute Gasteiger partial charge is 0.354 e. The molecule has 1 aliphatic heterocycles. The maximum atomic E-state index is 12.6. The number of benzene rings is 2. The fraction of sp³-hybridized carbons (Fsp3) is 0.316. The molecule has 0 bridgehead atoms. The molecule has 1 amide bonds. The number of anilines is 1. The molecule has 1 aliphatic rings. The lowest BCUT2D eigenvalue weighted by molar-refractivity contribution is -0.384. The van der Waals surface area contributed by atoms with E-state index >= 15 is 0 Å². The number of hydrogen-bond acceptors (Lipinski definition) is 6. The molecule has 0 saturated carbocycles. The summed E-state index contributed by atoms with van der Waals surface area (Å²) in [6.45, 7) is 2.14. The van der Waals surface area contributed by atoms with Crippen molar-refractivity contribution in [1.29, 1.82) is 0 Å². The highest BCUT2D eigenvalue weighted by Gasteiger charge is 2.29. The van der Waals surface area contributed by atoms with Crippen molar-refractivity contribution >= 4 is 39.1 Å². The fourth-order valence-corrected chi connectivity index (χ4v) is 5.38. The normalized spacial score (nSPS) is 14.3. The Hall–Kier alpha value is -2.59. The number of nitrogens with zero attached hydrogens (tertiary/aromatic N) is 2. The minimum absolute atomic E-state index is 0.0138. The van der Waals surface area contributed by atoms with Gasteiger partial charge in [0, 0.05) is 30.1 Å². The summed E-state index contributed by atoms with van der Waals surface area (Å²) in [6.07, 6.45) is 0.685. The highest BCUT2D eigenvalue weighted by molar-refractivity contribution is 8.00. The van der Waals surface area contributed by atoms with Gasteiger partial charge in [-0.3, -0.25) is 19.2 Å². The Morgan fingerprint density at radius 2 is 1.93 bits per heavy atom. The Morgan fingerprint density at radius 3 is 2.62 bits per heavy atom. The molecule has 0 aliphatic carbocycles. The summed E-state index contributed by atoms with van der Waals surface area (Å²) in [6, 6.07) is 13.3. The molecule has 154 valence electrons. The Bertz CT molecular complexity index is 1010. The quantitative estimate of drug-likeness (QED) is 0.388. The van der Waals surface area contributed by atoms with Crippen molar-refractivity contribution < 1.29 is 18.1 Å². The van der Waals surface area contributed by atoms with Gasteiger partial charge in [-0.05, 0) is 37.1 Å². The zero-order chi connectivity index (χ0) is 21.0. The van der Waals surface area contributed by atoms with Crippen LogP contribution in [0.5, 0.6) is 0 Å². The van der Waals surface area contributed by atoms with E-state index in [9.17, 15) is 23.3 Å². The molecule has 1 N–H and O–H groups in total. The van der Waals surface area contributed by atoms with E-state index in [0.717, 1.165) is 10.5 Å². The second-order valence-electron chi connectivity index (χ2n) is 6.57. The number of hydrogen-bond donors (Lipinski definition) is 1. The lowest BCUT2D eigenvalue weighted by Crippen LogP contribution is -2.39. The standard InChI is InChI=1S/C19H21N3O5S2/c1-14(28-17-8-6-16(7-9-17)22(24)25)19(23)20-11-13-29(26,27)21-12-10-15-4-2-3-5-18(15)21/h2-9,14H,10-13H2,1H3,(H,20,23). The van der Waals surface area contributed by atoms with Gasteiger partial charge in [-0.2, -0.15) is 0 Å². The van der Waals surface area contributed by atoms with Crippen LogP contribution in [0.1, 0.15) is 12.5 Å². The Morgan fingerprint density at radius 1 is 1.24 bits per heavy atom. The molecule has 1 unspecified atom stereocenters. The molecule has 29 heavy (non-hydrogen) atoms. The van der Waals surface area contributed by atoms with Crippen LogP contribution in [0.4, 0.5) is 11.4 Å². The number of carbonyl (C=O) groups excluding carboxylic acids is 1. The smallest absolute Gasteiger partial charge is 0.269 e. The zero-order valence-corrected chi connectivity index (χ0v) is 17.4. The number of thioether (sulfide) groups is 1. The minimum atomic E-state index is -3.52. The number of nitro groups is 1. The van der Waals surface area contributed by atoms with Crippen LogP contribution in [0.15, 0.2) is 53.4 Å². The van der Waals surface area contributed by atoms with Gasteiger partial charge in [0.15, 0.2) is 0 Å². The molecule has 0 aromatic heterocycles. The number of nitrogens with one attached hydrogen (secondary N) is 1. The van der Waals surface area contributed by atoms with Gasteiger partial charge in [-0.25, -0.2) is 8.42 Å². The molecular weight excluding hydrogens is 414 g/mol. The molecule has 2 aromatic carbocycles. The van der Waals surface area contributed by atoms with Crippen LogP contribution in [-0.4, -0.2) is 43.3 Å². The van der Waals surface area contributed by atoms with Crippen LogP contribution in [0.2, 0.25) is 0 Å². The van der Waals surface area contributed by atoms with Crippen LogP contribution >= 0.6 is 11.8 Å². The monoisotopic (exact) mass is 435 g/mol. The van der Waals surface area contributed by atoms with Crippen molar-refractivity contribution in [3.05, 3.63) is 64.2 Å². The maximum Gasteiger partial charge on any atom is 0.269 e. The molecule has 3 rings (SSSR count). The third kappa shape index (κ3) is 5.07. The number of nitro benzene ring substituents is 1. The first kappa shape index (κ1) is 21.1. The van der Waals surface area contributed by atoms with Crippen molar-refractivity contribution in [3.63, 3.8) is 0 Å². The van der Waals surface area contributed by atoms with E-state index in [0.29, 0.717) is 18.7 Å². The highest BCUT2D eigenvalue weighted by Crippen LogP contribution is 2.30. The maximum absolute atomic E-state index is 12.6. The second kappa shape index (κ2) is 8.83. The topological polar surface area (TPSA) is 110 Å². The van der Waals surface area contributed by atoms with E-state index in [1.807, 2.05) is 18.2 Å². The molecule has 10 heteroatoms. The summed E-state index contributed by atoms with van der Waals surface area (Å²) in [5.74, 6) is -0.465. The van der Waals surface area contributed by atoms with Crippen LogP contribution in [-0.2, 0) is 21.2 Å². The van der Waals surface area contributed by atoms with Crippen molar-refractivity contribution in [1.82, 2.24) is 5.32 Å². The summed E-state index contributed by atoms with van der Waals surface area (Å²) in [7, 11) is -3.52. The SMILES string of the molecule is CC(Sc1ccc([N+](=O)[O-])cc1)C(=O)NCCS(=O)(=O)N1CCc2ccccc21. The first-order valence-corrected chi connectivity index (χ1v) is 11.5. The summed E-state index contributed by atoms with van der Waals surface area (Å²) < 4.78 is 26.7. The molecular formula is C19H21N3O5S2. The number of rotatable bonds is 8. The van der Waals surface area contributed by atoms with Crippen LogP contribution in [0.3, 0.4) is 0 Å². The molecule has 0 radical (unpaired) electrons. The van der Waals surface area contributed by atoms with Gasteiger partial charge >= 0.3 is 0 Å². The van der Waals surface area contributed by atoms with E-state index in [4.69, 9.17) is 0 Å². The third-order valence-electron chi connectivity index (χ3n) is 4.57. The predicted molar refractivity (Wildman–Crippen MR) is 113 cm³/mol. The molecule has 0 fully saturated rings. The van der Waals surface area contributed by atoms with Gasteiger partial charge in [0.25, 0.3) is 5.69 Å². The number of carbonyl (C=O) groups is 1. The van der Waals surface area contributed by atoms with Gasteiger partial charge in [0.1, 0.15) is 0 Å². The van der Waals surface area contributed by atoms with Gasteiger partial charge in [-0.1, -0.05) is 18.2 Å².